The normalized spacial score (nSPS) is 10.6. The van der Waals surface area contributed by atoms with Crippen LogP contribution in [0.15, 0.2) is 36.4 Å². The molecule has 2 heterocycles. The van der Waals surface area contributed by atoms with Crippen molar-refractivity contribution in [2.45, 2.75) is 20.8 Å². The van der Waals surface area contributed by atoms with Gasteiger partial charge in [0.2, 0.25) is 0 Å². The molecule has 4 aromatic rings. The number of benzene rings is 2. The number of fused-ring (bicyclic) bond motifs is 2. The van der Waals surface area contributed by atoms with Crippen molar-refractivity contribution < 1.29 is 19.1 Å². The van der Waals surface area contributed by atoms with Gasteiger partial charge in [-0.2, -0.15) is 0 Å². The van der Waals surface area contributed by atoms with Gasteiger partial charge in [-0.25, -0.2) is 19.6 Å². The number of hydrogen-bond donors (Lipinski definition) is 0. The zero-order valence-corrected chi connectivity index (χ0v) is 18.6. The van der Waals surface area contributed by atoms with Gasteiger partial charge in [0.25, 0.3) is 0 Å². The van der Waals surface area contributed by atoms with Crippen LogP contribution in [0.3, 0.4) is 0 Å². The van der Waals surface area contributed by atoms with Crippen molar-refractivity contribution in [3.63, 3.8) is 0 Å². The van der Waals surface area contributed by atoms with E-state index in [1.165, 1.54) is 7.11 Å². The number of rotatable bonds is 3. The Morgan fingerprint density at radius 3 is 1.71 bits per heavy atom. The first-order valence-corrected chi connectivity index (χ1v) is 9.89. The van der Waals surface area contributed by atoms with E-state index in [0.717, 1.165) is 22.7 Å². The molecule has 0 bridgehead atoms. The van der Waals surface area contributed by atoms with Gasteiger partial charge in [0.1, 0.15) is 22.7 Å². The molecule has 0 aliphatic carbocycles. The quantitative estimate of drug-likeness (QED) is 0.468. The number of esters is 2. The number of aryl methyl sites for hydroxylation is 4. The molecule has 0 amide bonds. The van der Waals surface area contributed by atoms with Crippen molar-refractivity contribution in [3.8, 4) is 0 Å². The highest BCUT2D eigenvalue weighted by atomic mass is 16.5. The second kappa shape index (κ2) is 8.99. The Hall–Kier alpha value is -3.68. The second-order valence-corrected chi connectivity index (χ2v) is 6.99. The number of nitrogens with zero attached hydrogens (tertiary/aromatic N) is 4. The average Bonchev–Trinajstić information content (AvgIpc) is 3.23. The zero-order valence-electron chi connectivity index (χ0n) is 18.6. The SMILES string of the molecule is CCOC(=O)c1cccc2c1nc(C)n2C.COC(=O)c1cccc2c1nc(C)n2C. The smallest absolute Gasteiger partial charge is 0.340 e. The molecule has 31 heavy (non-hydrogen) atoms. The van der Waals surface area contributed by atoms with Crippen molar-refractivity contribution in [1.29, 1.82) is 0 Å². The van der Waals surface area contributed by atoms with Gasteiger partial charge in [-0.15, -0.1) is 0 Å². The summed E-state index contributed by atoms with van der Waals surface area (Å²) >= 11 is 0. The third-order valence-corrected chi connectivity index (χ3v) is 5.17. The second-order valence-electron chi connectivity index (χ2n) is 6.99. The summed E-state index contributed by atoms with van der Waals surface area (Å²) in [4.78, 5) is 31.9. The molecule has 2 aromatic heterocycles. The highest BCUT2D eigenvalue weighted by Gasteiger charge is 2.15. The van der Waals surface area contributed by atoms with E-state index in [9.17, 15) is 9.59 Å². The van der Waals surface area contributed by atoms with E-state index >= 15 is 0 Å². The summed E-state index contributed by atoms with van der Waals surface area (Å²) in [5.41, 5.74) is 4.34. The number of imidazole rings is 2. The minimum absolute atomic E-state index is 0.314. The number of carbonyl (C=O) groups excluding carboxylic acids is 2. The molecule has 8 nitrogen and oxygen atoms in total. The molecule has 0 spiro atoms. The Kier molecular flexibility index (Phi) is 6.39. The standard InChI is InChI=1S/C12H14N2O2.C11H12N2O2/c1-4-16-12(15)9-6-5-7-10-11(9)13-8(2)14(10)3;1-7-12-10-8(11(14)15-3)5-4-6-9(10)13(7)2/h5-7H,4H2,1-3H3;4-6H,1-3H3. The summed E-state index contributed by atoms with van der Waals surface area (Å²) in [7, 11) is 5.22. The van der Waals surface area contributed by atoms with E-state index in [0.29, 0.717) is 28.8 Å². The number of methoxy groups -OCH3 is 1. The maximum Gasteiger partial charge on any atom is 0.340 e. The minimum Gasteiger partial charge on any atom is -0.465 e. The van der Waals surface area contributed by atoms with Gasteiger partial charge in [0.05, 0.1) is 35.9 Å². The lowest BCUT2D eigenvalue weighted by Crippen LogP contribution is -2.05. The third-order valence-electron chi connectivity index (χ3n) is 5.17. The summed E-state index contributed by atoms with van der Waals surface area (Å²) in [6, 6.07) is 11.0. The fourth-order valence-corrected chi connectivity index (χ4v) is 3.31. The molecule has 0 saturated carbocycles. The topological polar surface area (TPSA) is 88.2 Å². The van der Waals surface area contributed by atoms with Gasteiger partial charge in [-0.1, -0.05) is 12.1 Å². The highest BCUT2D eigenvalue weighted by Crippen LogP contribution is 2.20. The van der Waals surface area contributed by atoms with E-state index in [1.807, 2.05) is 61.3 Å². The molecule has 2 aromatic carbocycles. The fraction of sp³-hybridized carbons (Fsp3) is 0.304. The van der Waals surface area contributed by atoms with Crippen molar-refractivity contribution in [1.82, 2.24) is 19.1 Å². The van der Waals surface area contributed by atoms with Crippen LogP contribution in [0.5, 0.6) is 0 Å². The number of hydrogen-bond acceptors (Lipinski definition) is 6. The average molecular weight is 422 g/mol. The van der Waals surface area contributed by atoms with Gasteiger partial charge >= 0.3 is 11.9 Å². The van der Waals surface area contributed by atoms with Crippen LogP contribution in [0.25, 0.3) is 22.1 Å². The monoisotopic (exact) mass is 422 g/mol. The summed E-state index contributed by atoms with van der Waals surface area (Å²) in [6.45, 7) is 5.98. The summed E-state index contributed by atoms with van der Waals surface area (Å²) in [5, 5.41) is 0. The Morgan fingerprint density at radius 2 is 1.29 bits per heavy atom. The van der Waals surface area contributed by atoms with Gasteiger partial charge in [-0.05, 0) is 45.0 Å². The van der Waals surface area contributed by atoms with E-state index in [-0.39, 0.29) is 11.9 Å². The first kappa shape index (κ1) is 22.0. The lowest BCUT2D eigenvalue weighted by molar-refractivity contribution is 0.0527. The first-order valence-electron chi connectivity index (χ1n) is 9.89. The molecule has 162 valence electrons. The molecular formula is C23H26N4O4. The third kappa shape index (κ3) is 4.14. The number of aromatic nitrogens is 4. The highest BCUT2D eigenvalue weighted by molar-refractivity contribution is 6.02. The van der Waals surface area contributed by atoms with Crippen molar-refractivity contribution in [3.05, 3.63) is 59.2 Å². The first-order chi connectivity index (χ1) is 14.8. The molecular weight excluding hydrogens is 396 g/mol. The molecule has 8 heteroatoms. The van der Waals surface area contributed by atoms with Crippen LogP contribution in [0.1, 0.15) is 39.3 Å². The summed E-state index contributed by atoms with van der Waals surface area (Å²) in [5.74, 6) is 1.10. The minimum atomic E-state index is -0.348. The predicted molar refractivity (Wildman–Crippen MR) is 118 cm³/mol. The lowest BCUT2D eigenvalue weighted by atomic mass is 10.2. The Labute approximate surface area is 180 Å². The van der Waals surface area contributed by atoms with Gasteiger partial charge in [0.15, 0.2) is 0 Å². The van der Waals surface area contributed by atoms with Crippen molar-refractivity contribution >= 4 is 34.0 Å². The number of para-hydroxylation sites is 2. The van der Waals surface area contributed by atoms with Crippen LogP contribution in [0.2, 0.25) is 0 Å². The predicted octanol–water partition coefficient (Wildman–Crippen LogP) is 3.73. The van der Waals surface area contributed by atoms with E-state index < -0.39 is 0 Å². The Balaban J connectivity index is 0.000000176. The largest absolute Gasteiger partial charge is 0.465 e. The van der Waals surface area contributed by atoms with Crippen LogP contribution in [0.4, 0.5) is 0 Å². The Bertz CT molecular complexity index is 1270. The van der Waals surface area contributed by atoms with Crippen LogP contribution in [-0.2, 0) is 23.6 Å². The molecule has 0 radical (unpaired) electrons. The molecule has 0 aliphatic heterocycles. The molecule has 0 fully saturated rings. The maximum absolute atomic E-state index is 11.7. The van der Waals surface area contributed by atoms with Crippen LogP contribution in [-0.4, -0.2) is 44.8 Å². The van der Waals surface area contributed by atoms with Crippen LogP contribution < -0.4 is 0 Å². The molecule has 0 aliphatic rings. The molecule has 0 atom stereocenters. The van der Waals surface area contributed by atoms with E-state index in [4.69, 9.17) is 9.47 Å². The van der Waals surface area contributed by atoms with Crippen LogP contribution >= 0.6 is 0 Å². The van der Waals surface area contributed by atoms with E-state index in [2.05, 4.69) is 9.97 Å². The lowest BCUT2D eigenvalue weighted by Gasteiger charge is -2.02. The van der Waals surface area contributed by atoms with Gasteiger partial charge in [0, 0.05) is 14.1 Å². The molecule has 0 N–H and O–H groups in total. The fourth-order valence-electron chi connectivity index (χ4n) is 3.31. The van der Waals surface area contributed by atoms with E-state index in [1.54, 1.807) is 19.1 Å². The molecule has 0 saturated heterocycles. The van der Waals surface area contributed by atoms with Gasteiger partial charge < -0.3 is 18.6 Å². The number of carbonyl (C=O) groups is 2. The zero-order chi connectivity index (χ0) is 22.7. The van der Waals surface area contributed by atoms with Crippen LogP contribution in [0, 0.1) is 13.8 Å². The van der Waals surface area contributed by atoms with Crippen molar-refractivity contribution in [2.75, 3.05) is 13.7 Å². The van der Waals surface area contributed by atoms with Gasteiger partial charge in [-0.3, -0.25) is 0 Å². The summed E-state index contributed by atoms with van der Waals surface area (Å²) < 4.78 is 13.6. The maximum atomic E-state index is 11.7. The van der Waals surface area contributed by atoms with Crippen molar-refractivity contribution in [2.24, 2.45) is 14.1 Å². The molecule has 4 rings (SSSR count). The Morgan fingerprint density at radius 1 is 0.839 bits per heavy atom. The molecule has 0 unspecified atom stereocenters. The summed E-state index contributed by atoms with van der Waals surface area (Å²) in [6.07, 6.45) is 0. The number of ether oxygens (including phenoxy) is 2.